The van der Waals surface area contributed by atoms with Gasteiger partial charge in [0.1, 0.15) is 5.75 Å². The molecule has 0 aliphatic carbocycles. The van der Waals surface area contributed by atoms with E-state index in [1.54, 1.807) is 22.8 Å². The monoisotopic (exact) mass is 371 g/mol. The molecule has 0 saturated heterocycles. The van der Waals surface area contributed by atoms with Gasteiger partial charge < -0.3 is 20.8 Å². The summed E-state index contributed by atoms with van der Waals surface area (Å²) in [7, 11) is 0. The number of amides is 1. The number of unbranched alkanes of at least 4 members (excludes halogenated alkanes) is 1. The van der Waals surface area contributed by atoms with E-state index in [4.69, 9.17) is 16.2 Å². The Morgan fingerprint density at radius 1 is 1.30 bits per heavy atom. The molecule has 1 aromatic carbocycles. The molecular weight excluding hydrogens is 342 g/mol. The number of fused-ring (bicyclic) bond motifs is 1. The van der Waals surface area contributed by atoms with Crippen molar-refractivity contribution >= 4 is 22.8 Å². The molecule has 0 spiro atoms. The first kappa shape index (κ1) is 20.7. The van der Waals surface area contributed by atoms with Crippen LogP contribution in [0.1, 0.15) is 44.9 Å². The molecule has 4 N–H and O–H groups in total. The average molecular weight is 371 g/mol. The average Bonchev–Trinajstić information content (AvgIpc) is 2.63. The molecule has 6 nitrogen and oxygen atoms in total. The zero-order valence-electron chi connectivity index (χ0n) is 16.3. The molecule has 1 heterocycles. The second kappa shape index (κ2) is 9.37. The SMILES string of the molecule is CCCCOc1c(CN)n(CC(C)C)c(=O)c2ccc(/C=C/C(N)=O)cc12. The molecular formula is C21H29N3O3. The molecule has 146 valence electrons. The third kappa shape index (κ3) is 4.98. The highest BCUT2D eigenvalue weighted by molar-refractivity contribution is 5.93. The minimum absolute atomic E-state index is 0.0765. The van der Waals surface area contributed by atoms with E-state index >= 15 is 0 Å². The maximum atomic E-state index is 13.1. The van der Waals surface area contributed by atoms with Crippen molar-refractivity contribution in [1.82, 2.24) is 4.57 Å². The molecule has 0 fully saturated rings. The van der Waals surface area contributed by atoms with E-state index in [9.17, 15) is 9.59 Å². The van der Waals surface area contributed by atoms with Gasteiger partial charge in [-0.05, 0) is 36.1 Å². The summed E-state index contributed by atoms with van der Waals surface area (Å²) in [5.74, 6) is 0.423. The van der Waals surface area contributed by atoms with Gasteiger partial charge in [-0.2, -0.15) is 0 Å². The Morgan fingerprint density at radius 3 is 2.63 bits per heavy atom. The van der Waals surface area contributed by atoms with Crippen molar-refractivity contribution in [3.05, 3.63) is 45.9 Å². The first-order chi connectivity index (χ1) is 12.9. The van der Waals surface area contributed by atoms with E-state index in [2.05, 4.69) is 20.8 Å². The number of benzene rings is 1. The van der Waals surface area contributed by atoms with Crippen molar-refractivity contribution in [3.8, 4) is 5.75 Å². The summed E-state index contributed by atoms with van der Waals surface area (Å²) in [6.45, 7) is 7.56. The molecule has 2 aromatic rings. The van der Waals surface area contributed by atoms with Crippen LogP contribution in [0.25, 0.3) is 16.8 Å². The molecule has 0 aliphatic rings. The van der Waals surface area contributed by atoms with Crippen LogP contribution in [0.3, 0.4) is 0 Å². The van der Waals surface area contributed by atoms with Gasteiger partial charge in [-0.25, -0.2) is 0 Å². The fraction of sp³-hybridized carbons (Fsp3) is 0.429. The molecule has 27 heavy (non-hydrogen) atoms. The second-order valence-electron chi connectivity index (χ2n) is 7.03. The van der Waals surface area contributed by atoms with E-state index < -0.39 is 5.91 Å². The molecule has 0 unspecified atom stereocenters. The van der Waals surface area contributed by atoms with Crippen molar-refractivity contribution in [2.45, 2.75) is 46.7 Å². The molecule has 0 radical (unpaired) electrons. The first-order valence-electron chi connectivity index (χ1n) is 9.38. The number of carbonyl (C=O) groups excluding carboxylic acids is 1. The van der Waals surface area contributed by atoms with Crippen LogP contribution in [0.5, 0.6) is 5.75 Å². The van der Waals surface area contributed by atoms with Crippen LogP contribution in [-0.2, 0) is 17.9 Å². The molecule has 0 bridgehead atoms. The number of nitrogens with zero attached hydrogens (tertiary/aromatic N) is 1. The molecule has 1 aromatic heterocycles. The Balaban J connectivity index is 2.73. The van der Waals surface area contributed by atoms with Gasteiger partial charge in [-0.1, -0.05) is 33.3 Å². The lowest BCUT2D eigenvalue weighted by atomic mass is 10.0. The number of primary amides is 1. The zero-order valence-corrected chi connectivity index (χ0v) is 16.3. The smallest absolute Gasteiger partial charge is 0.258 e. The third-order valence-corrected chi connectivity index (χ3v) is 4.28. The second-order valence-corrected chi connectivity index (χ2v) is 7.03. The molecule has 0 atom stereocenters. The summed E-state index contributed by atoms with van der Waals surface area (Å²) >= 11 is 0. The van der Waals surface area contributed by atoms with Crippen molar-refractivity contribution < 1.29 is 9.53 Å². The van der Waals surface area contributed by atoms with Gasteiger partial charge in [-0.3, -0.25) is 9.59 Å². The number of hydrogen-bond donors (Lipinski definition) is 2. The topological polar surface area (TPSA) is 100 Å². The minimum atomic E-state index is -0.524. The van der Waals surface area contributed by atoms with Gasteiger partial charge in [0.25, 0.3) is 5.56 Å². The zero-order chi connectivity index (χ0) is 20.0. The highest BCUT2D eigenvalue weighted by Gasteiger charge is 2.18. The van der Waals surface area contributed by atoms with E-state index in [1.165, 1.54) is 6.08 Å². The van der Waals surface area contributed by atoms with Crippen LogP contribution in [0.4, 0.5) is 0 Å². The van der Waals surface area contributed by atoms with Crippen LogP contribution < -0.4 is 21.8 Å². The molecule has 0 aliphatic heterocycles. The lowest BCUT2D eigenvalue weighted by Crippen LogP contribution is -2.28. The van der Waals surface area contributed by atoms with Crippen LogP contribution in [0.15, 0.2) is 29.1 Å². The number of ether oxygens (including phenoxy) is 1. The van der Waals surface area contributed by atoms with E-state index in [1.807, 2.05) is 6.07 Å². The molecule has 6 heteroatoms. The lowest BCUT2D eigenvalue weighted by Gasteiger charge is -2.20. The number of pyridine rings is 1. The van der Waals surface area contributed by atoms with E-state index in [0.29, 0.717) is 41.3 Å². The fourth-order valence-electron chi connectivity index (χ4n) is 3.01. The Labute approximate surface area is 159 Å². The highest BCUT2D eigenvalue weighted by atomic mass is 16.5. The predicted octanol–water partition coefficient (Wildman–Crippen LogP) is 2.79. The minimum Gasteiger partial charge on any atom is -0.491 e. The Morgan fingerprint density at radius 2 is 2.04 bits per heavy atom. The number of carbonyl (C=O) groups is 1. The molecule has 0 saturated carbocycles. The third-order valence-electron chi connectivity index (χ3n) is 4.28. The number of aromatic nitrogens is 1. The summed E-state index contributed by atoms with van der Waals surface area (Å²) in [5, 5.41) is 1.29. The highest BCUT2D eigenvalue weighted by Crippen LogP contribution is 2.30. The Kier molecular flexibility index (Phi) is 7.19. The largest absolute Gasteiger partial charge is 0.491 e. The molecule has 1 amide bonds. The van der Waals surface area contributed by atoms with Gasteiger partial charge >= 0.3 is 0 Å². The number of nitrogens with two attached hydrogens (primary N) is 2. The van der Waals surface area contributed by atoms with Gasteiger partial charge in [0.15, 0.2) is 0 Å². The summed E-state index contributed by atoms with van der Waals surface area (Å²) in [5.41, 5.74) is 12.6. The van der Waals surface area contributed by atoms with Crippen LogP contribution >= 0.6 is 0 Å². The summed E-state index contributed by atoms with van der Waals surface area (Å²) in [4.78, 5) is 24.1. The van der Waals surface area contributed by atoms with Crippen molar-refractivity contribution in [2.24, 2.45) is 17.4 Å². The maximum absolute atomic E-state index is 13.1. The molecule has 2 rings (SSSR count). The summed E-state index contributed by atoms with van der Waals surface area (Å²) < 4.78 is 7.81. The quantitative estimate of drug-likeness (QED) is 0.523. The lowest BCUT2D eigenvalue weighted by molar-refractivity contribution is -0.113. The summed E-state index contributed by atoms with van der Waals surface area (Å²) in [6, 6.07) is 5.40. The maximum Gasteiger partial charge on any atom is 0.258 e. The standard InChI is InChI=1S/C21H29N3O3/c1-4-5-10-27-20-17-11-15(7-9-19(23)25)6-8-16(17)21(26)24(13-14(2)3)18(20)12-22/h6-9,11,14H,4-5,10,12-13,22H2,1-3H3,(H2,23,25)/b9-7+. The van der Waals surface area contributed by atoms with Gasteiger partial charge in [0.2, 0.25) is 5.91 Å². The van der Waals surface area contributed by atoms with Crippen molar-refractivity contribution in [3.63, 3.8) is 0 Å². The number of hydrogen-bond acceptors (Lipinski definition) is 4. The summed E-state index contributed by atoms with van der Waals surface area (Å²) in [6.07, 6.45) is 4.84. The Hall–Kier alpha value is -2.60. The normalized spacial score (nSPS) is 11.6. The fourth-order valence-corrected chi connectivity index (χ4v) is 3.01. The number of rotatable bonds is 9. The van der Waals surface area contributed by atoms with Crippen LogP contribution in [-0.4, -0.2) is 17.1 Å². The van der Waals surface area contributed by atoms with Crippen molar-refractivity contribution in [2.75, 3.05) is 6.61 Å². The van der Waals surface area contributed by atoms with Gasteiger partial charge in [-0.15, -0.1) is 0 Å². The van der Waals surface area contributed by atoms with Gasteiger partial charge in [0.05, 0.1) is 17.7 Å². The first-order valence-corrected chi connectivity index (χ1v) is 9.38. The van der Waals surface area contributed by atoms with Crippen molar-refractivity contribution in [1.29, 1.82) is 0 Å². The van der Waals surface area contributed by atoms with Crippen LogP contribution in [0, 0.1) is 5.92 Å². The van der Waals surface area contributed by atoms with E-state index in [-0.39, 0.29) is 12.1 Å². The predicted molar refractivity (Wildman–Crippen MR) is 110 cm³/mol. The Bertz CT molecular complexity index is 898. The van der Waals surface area contributed by atoms with Crippen LogP contribution in [0.2, 0.25) is 0 Å². The van der Waals surface area contributed by atoms with E-state index in [0.717, 1.165) is 18.4 Å². The van der Waals surface area contributed by atoms with Gasteiger partial charge in [0, 0.05) is 24.6 Å².